The van der Waals surface area contributed by atoms with Crippen molar-refractivity contribution in [1.82, 2.24) is 4.90 Å². The number of esters is 1. The zero-order valence-corrected chi connectivity index (χ0v) is 22.5. The Hall–Kier alpha value is -3.75. The molecule has 1 fully saturated rings. The number of methoxy groups -OCH3 is 1. The summed E-state index contributed by atoms with van der Waals surface area (Å²) in [5.74, 6) is -0.706. The van der Waals surface area contributed by atoms with Gasteiger partial charge < -0.3 is 24.6 Å². The van der Waals surface area contributed by atoms with E-state index in [0.29, 0.717) is 48.7 Å². The van der Waals surface area contributed by atoms with E-state index in [1.54, 1.807) is 42.2 Å². The third-order valence-electron chi connectivity index (χ3n) is 6.15. The van der Waals surface area contributed by atoms with Gasteiger partial charge in [-0.25, -0.2) is 4.79 Å². The summed E-state index contributed by atoms with van der Waals surface area (Å²) >= 11 is 12.5. The van der Waals surface area contributed by atoms with Crippen LogP contribution in [0.4, 0.5) is 11.4 Å². The number of benzene rings is 3. The minimum absolute atomic E-state index is 0.0234. The molecule has 10 heteroatoms. The number of rotatable bonds is 7. The van der Waals surface area contributed by atoms with E-state index < -0.39 is 11.9 Å². The summed E-state index contributed by atoms with van der Waals surface area (Å²) in [7, 11) is 1.44. The molecular formula is C28H27Cl2N3O5. The Balaban J connectivity index is 1.58. The first-order chi connectivity index (χ1) is 18.3. The molecule has 1 heterocycles. The van der Waals surface area contributed by atoms with Crippen LogP contribution in [0.15, 0.2) is 60.7 Å². The highest BCUT2D eigenvalue weighted by Gasteiger charge is 2.25. The topological polar surface area (TPSA) is 88.2 Å². The zero-order chi connectivity index (χ0) is 27.2. The van der Waals surface area contributed by atoms with Gasteiger partial charge in [0.2, 0.25) is 0 Å². The molecular weight excluding hydrogens is 529 g/mol. The summed E-state index contributed by atoms with van der Waals surface area (Å²) in [6.07, 6.45) is 0. The number of ether oxygens (including phenoxy) is 2. The van der Waals surface area contributed by atoms with Gasteiger partial charge in [-0.1, -0.05) is 41.4 Å². The van der Waals surface area contributed by atoms with Crippen molar-refractivity contribution >= 4 is 52.4 Å². The number of nitrogens with one attached hydrogen (secondary N) is 1. The molecule has 8 nitrogen and oxygen atoms in total. The molecule has 0 radical (unpaired) electrons. The summed E-state index contributed by atoms with van der Waals surface area (Å²) < 4.78 is 10.3. The van der Waals surface area contributed by atoms with Crippen molar-refractivity contribution in [2.45, 2.75) is 6.92 Å². The van der Waals surface area contributed by atoms with Crippen molar-refractivity contribution in [1.29, 1.82) is 0 Å². The molecule has 1 N–H and O–H groups in total. The monoisotopic (exact) mass is 555 g/mol. The fourth-order valence-electron chi connectivity index (χ4n) is 4.25. The first-order valence-electron chi connectivity index (χ1n) is 12.1. The van der Waals surface area contributed by atoms with Gasteiger partial charge in [0.15, 0.2) is 5.75 Å². The van der Waals surface area contributed by atoms with Gasteiger partial charge >= 0.3 is 5.97 Å². The largest absolute Gasteiger partial charge is 0.494 e. The Kier molecular flexibility index (Phi) is 8.76. The number of hydrogen-bond donors (Lipinski definition) is 1. The number of carbonyl (C=O) groups is 3. The lowest BCUT2D eigenvalue weighted by atomic mass is 10.1. The lowest BCUT2D eigenvalue weighted by molar-refractivity contribution is 0.0526. The number of anilines is 2. The van der Waals surface area contributed by atoms with E-state index in [9.17, 15) is 14.4 Å². The molecule has 1 aliphatic heterocycles. The first kappa shape index (κ1) is 27.3. The van der Waals surface area contributed by atoms with Crippen LogP contribution in [-0.2, 0) is 4.74 Å². The van der Waals surface area contributed by atoms with Gasteiger partial charge in [0.1, 0.15) is 0 Å². The van der Waals surface area contributed by atoms with E-state index in [1.807, 2.05) is 18.2 Å². The van der Waals surface area contributed by atoms with Crippen molar-refractivity contribution < 1.29 is 23.9 Å². The normalized spacial score (nSPS) is 13.2. The first-order valence-corrected chi connectivity index (χ1v) is 12.8. The number of carbonyl (C=O) groups excluding carboxylic acids is 3. The minimum atomic E-state index is -0.497. The fraction of sp³-hybridized carbons (Fsp3) is 0.250. The standard InChI is InChI=1S/C28H27Cl2N3O5/c1-3-38-28(36)19-9-10-24(32-11-13-33(14-12-32)27(35)18-7-5-4-6-8-18)23(17-19)31-26(34)20-15-21(29)25(37-2)22(30)16-20/h4-10,15-17H,3,11-14H2,1-2H3,(H,31,34). The molecule has 38 heavy (non-hydrogen) atoms. The Bertz CT molecular complexity index is 1320. The Morgan fingerprint density at radius 3 is 2.13 bits per heavy atom. The highest BCUT2D eigenvalue weighted by Crippen LogP contribution is 2.35. The number of halogens is 2. The van der Waals surface area contributed by atoms with E-state index in [4.69, 9.17) is 32.7 Å². The van der Waals surface area contributed by atoms with Crippen LogP contribution in [0.2, 0.25) is 10.0 Å². The van der Waals surface area contributed by atoms with Gasteiger partial charge in [-0.2, -0.15) is 0 Å². The molecule has 0 atom stereocenters. The Morgan fingerprint density at radius 1 is 0.868 bits per heavy atom. The number of piperazine rings is 1. The van der Waals surface area contributed by atoms with Gasteiger partial charge in [0, 0.05) is 37.3 Å². The number of nitrogens with zero attached hydrogens (tertiary/aromatic N) is 2. The predicted molar refractivity (Wildman–Crippen MR) is 148 cm³/mol. The second kappa shape index (κ2) is 12.2. The SMILES string of the molecule is CCOC(=O)c1ccc(N2CCN(C(=O)c3ccccc3)CC2)c(NC(=O)c2cc(Cl)c(OC)c(Cl)c2)c1. The molecule has 3 aromatic rings. The van der Waals surface area contributed by atoms with E-state index in [1.165, 1.54) is 19.2 Å². The second-order valence-electron chi connectivity index (χ2n) is 8.52. The van der Waals surface area contributed by atoms with Crippen LogP contribution in [-0.4, -0.2) is 62.6 Å². The van der Waals surface area contributed by atoms with Crippen LogP contribution >= 0.6 is 23.2 Å². The number of amides is 2. The summed E-state index contributed by atoms with van der Waals surface area (Å²) in [4.78, 5) is 42.3. The van der Waals surface area contributed by atoms with Crippen LogP contribution in [0.25, 0.3) is 0 Å². The molecule has 0 unspecified atom stereocenters. The van der Waals surface area contributed by atoms with Crippen LogP contribution in [0.3, 0.4) is 0 Å². The molecule has 2 amide bonds. The highest BCUT2D eigenvalue weighted by molar-refractivity contribution is 6.37. The lowest BCUT2D eigenvalue weighted by Gasteiger charge is -2.37. The average Bonchev–Trinajstić information content (AvgIpc) is 2.93. The molecule has 3 aromatic carbocycles. The molecule has 0 aliphatic carbocycles. The maximum absolute atomic E-state index is 13.2. The van der Waals surface area contributed by atoms with E-state index in [-0.39, 0.29) is 33.9 Å². The molecule has 0 spiro atoms. The lowest BCUT2D eigenvalue weighted by Crippen LogP contribution is -2.49. The van der Waals surface area contributed by atoms with Crippen molar-refractivity contribution in [3.05, 3.63) is 87.4 Å². The fourth-order valence-corrected chi connectivity index (χ4v) is 4.89. The third-order valence-corrected chi connectivity index (χ3v) is 6.71. The predicted octanol–water partition coefficient (Wildman–Crippen LogP) is 5.39. The van der Waals surface area contributed by atoms with E-state index >= 15 is 0 Å². The maximum Gasteiger partial charge on any atom is 0.338 e. The van der Waals surface area contributed by atoms with Gasteiger partial charge in [-0.3, -0.25) is 9.59 Å². The molecule has 1 saturated heterocycles. The molecule has 1 aliphatic rings. The minimum Gasteiger partial charge on any atom is -0.494 e. The summed E-state index contributed by atoms with van der Waals surface area (Å²) in [5.41, 5.74) is 2.31. The summed E-state index contributed by atoms with van der Waals surface area (Å²) in [6.45, 7) is 4.04. The number of hydrogen-bond acceptors (Lipinski definition) is 6. The van der Waals surface area contributed by atoms with Crippen molar-refractivity contribution in [2.24, 2.45) is 0 Å². The smallest absolute Gasteiger partial charge is 0.338 e. The summed E-state index contributed by atoms with van der Waals surface area (Å²) in [6, 6.07) is 17.1. The highest BCUT2D eigenvalue weighted by atomic mass is 35.5. The zero-order valence-electron chi connectivity index (χ0n) is 21.0. The molecule has 0 aromatic heterocycles. The quantitative estimate of drug-likeness (QED) is 0.393. The maximum atomic E-state index is 13.2. The van der Waals surface area contributed by atoms with Crippen LogP contribution in [0, 0.1) is 0 Å². The summed E-state index contributed by atoms with van der Waals surface area (Å²) in [5, 5.41) is 3.28. The average molecular weight is 556 g/mol. The van der Waals surface area contributed by atoms with Gasteiger partial charge in [0.25, 0.3) is 11.8 Å². The van der Waals surface area contributed by atoms with Crippen LogP contribution in [0.5, 0.6) is 5.75 Å². The second-order valence-corrected chi connectivity index (χ2v) is 9.34. The van der Waals surface area contributed by atoms with E-state index in [0.717, 1.165) is 0 Å². The molecule has 0 bridgehead atoms. The van der Waals surface area contributed by atoms with Gasteiger partial charge in [-0.05, 0) is 49.4 Å². The van der Waals surface area contributed by atoms with Crippen LogP contribution in [0.1, 0.15) is 38.0 Å². The molecule has 198 valence electrons. The van der Waals surface area contributed by atoms with Gasteiger partial charge in [0.05, 0.1) is 40.7 Å². The van der Waals surface area contributed by atoms with Crippen molar-refractivity contribution in [2.75, 3.05) is 50.1 Å². The third kappa shape index (κ3) is 6.03. The Morgan fingerprint density at radius 2 is 1.53 bits per heavy atom. The van der Waals surface area contributed by atoms with Gasteiger partial charge in [-0.15, -0.1) is 0 Å². The Labute approximate surface area is 231 Å². The van der Waals surface area contributed by atoms with Crippen LogP contribution < -0.4 is 15.0 Å². The molecule has 0 saturated carbocycles. The van der Waals surface area contributed by atoms with Crippen molar-refractivity contribution in [3.63, 3.8) is 0 Å². The van der Waals surface area contributed by atoms with Crippen molar-refractivity contribution in [3.8, 4) is 5.75 Å². The molecule has 4 rings (SSSR count). The van der Waals surface area contributed by atoms with E-state index in [2.05, 4.69) is 10.2 Å².